The Bertz CT molecular complexity index is 946. The highest BCUT2D eigenvalue weighted by molar-refractivity contribution is 5.57. The third-order valence-electron chi connectivity index (χ3n) is 4.96. The van der Waals surface area contributed by atoms with E-state index in [4.69, 9.17) is 0 Å². The van der Waals surface area contributed by atoms with Crippen molar-refractivity contribution in [2.45, 2.75) is 44.7 Å². The third-order valence-corrected chi connectivity index (χ3v) is 4.96. The van der Waals surface area contributed by atoms with Crippen LogP contribution in [0.5, 0.6) is 0 Å². The number of nitrogens with one attached hydrogen (secondary N) is 1. The molecule has 1 N–H and O–H groups in total. The van der Waals surface area contributed by atoms with Crippen molar-refractivity contribution in [2.24, 2.45) is 0 Å². The van der Waals surface area contributed by atoms with Gasteiger partial charge in [-0.3, -0.25) is 9.78 Å². The highest BCUT2D eigenvalue weighted by Gasteiger charge is 2.24. The molecular formula is C20H22N6O. The minimum Gasteiger partial charge on any atom is -0.351 e. The van der Waals surface area contributed by atoms with Gasteiger partial charge in [0.05, 0.1) is 11.7 Å². The van der Waals surface area contributed by atoms with Crippen molar-refractivity contribution in [1.29, 1.82) is 0 Å². The topological polar surface area (TPSA) is 85.6 Å². The van der Waals surface area contributed by atoms with Crippen LogP contribution in [-0.2, 0) is 0 Å². The fraction of sp³-hybridized carbons (Fsp3) is 0.350. The zero-order chi connectivity index (χ0) is 18.6. The number of hydrogen-bond donors (Lipinski definition) is 1. The highest BCUT2D eigenvalue weighted by atomic mass is 16.1. The molecule has 1 aliphatic rings. The number of aryl methyl sites for hydroxylation is 1. The maximum atomic E-state index is 12.4. The SMILES string of the molecule is Cc1cnc(NC2CCC(n3nc(-c4ccncc4)ccc3=O)CC2)nc1. The first kappa shape index (κ1) is 17.3. The molecule has 0 atom stereocenters. The van der Waals surface area contributed by atoms with Crippen molar-refractivity contribution in [2.75, 3.05) is 5.32 Å². The molecule has 3 aromatic heterocycles. The molecule has 4 rings (SSSR count). The van der Waals surface area contributed by atoms with Crippen LogP contribution in [0.3, 0.4) is 0 Å². The van der Waals surface area contributed by atoms with Gasteiger partial charge in [0.1, 0.15) is 0 Å². The molecule has 27 heavy (non-hydrogen) atoms. The number of nitrogens with zero attached hydrogens (tertiary/aromatic N) is 5. The first-order valence-corrected chi connectivity index (χ1v) is 9.24. The van der Waals surface area contributed by atoms with Crippen LogP contribution in [0.15, 0.2) is 53.8 Å². The molecule has 3 aromatic rings. The average Bonchev–Trinajstić information content (AvgIpc) is 2.71. The number of pyridine rings is 1. The summed E-state index contributed by atoms with van der Waals surface area (Å²) < 4.78 is 1.65. The minimum absolute atomic E-state index is 0.0499. The number of hydrogen-bond acceptors (Lipinski definition) is 6. The lowest BCUT2D eigenvalue weighted by molar-refractivity contribution is 0.304. The van der Waals surface area contributed by atoms with Crippen LogP contribution in [0.2, 0.25) is 0 Å². The van der Waals surface area contributed by atoms with Crippen molar-refractivity contribution in [3.8, 4) is 11.3 Å². The normalized spacial score (nSPS) is 19.6. The predicted octanol–water partition coefficient (Wildman–Crippen LogP) is 3.00. The molecule has 1 saturated carbocycles. The Morgan fingerprint density at radius 1 is 1.00 bits per heavy atom. The van der Waals surface area contributed by atoms with Crippen molar-refractivity contribution in [3.63, 3.8) is 0 Å². The molecule has 0 unspecified atom stereocenters. The largest absolute Gasteiger partial charge is 0.351 e. The van der Waals surface area contributed by atoms with Crippen LogP contribution in [0.1, 0.15) is 37.3 Å². The Morgan fingerprint density at radius 2 is 1.70 bits per heavy atom. The van der Waals surface area contributed by atoms with Crippen molar-refractivity contribution < 1.29 is 0 Å². The average molecular weight is 362 g/mol. The molecule has 0 aromatic carbocycles. The highest BCUT2D eigenvalue weighted by Crippen LogP contribution is 2.28. The van der Waals surface area contributed by atoms with Gasteiger partial charge < -0.3 is 5.32 Å². The van der Waals surface area contributed by atoms with E-state index in [1.807, 2.05) is 31.5 Å². The molecule has 1 fully saturated rings. The molecule has 3 heterocycles. The monoisotopic (exact) mass is 362 g/mol. The van der Waals surface area contributed by atoms with Gasteiger partial charge in [-0.2, -0.15) is 5.10 Å². The molecule has 0 spiro atoms. The third kappa shape index (κ3) is 4.02. The van der Waals surface area contributed by atoms with Crippen molar-refractivity contribution >= 4 is 5.95 Å². The maximum Gasteiger partial charge on any atom is 0.267 e. The van der Waals surface area contributed by atoms with Crippen molar-refractivity contribution in [1.82, 2.24) is 24.7 Å². The van der Waals surface area contributed by atoms with E-state index in [9.17, 15) is 4.79 Å². The molecule has 0 saturated heterocycles. The molecule has 7 nitrogen and oxygen atoms in total. The van der Waals surface area contributed by atoms with Crippen LogP contribution in [0.4, 0.5) is 5.95 Å². The van der Waals surface area contributed by atoms with Crippen molar-refractivity contribution in [3.05, 3.63) is 65.0 Å². The molecule has 7 heteroatoms. The van der Waals surface area contributed by atoms with Gasteiger partial charge in [-0.05, 0) is 56.4 Å². The second-order valence-electron chi connectivity index (χ2n) is 6.97. The number of aromatic nitrogens is 5. The molecule has 0 amide bonds. The zero-order valence-corrected chi connectivity index (χ0v) is 15.2. The minimum atomic E-state index is -0.0499. The van der Waals surface area contributed by atoms with Gasteiger partial charge in [-0.15, -0.1) is 0 Å². The van der Waals surface area contributed by atoms with Gasteiger partial charge in [0.2, 0.25) is 5.95 Å². The van der Waals surface area contributed by atoms with Gasteiger partial charge in [-0.1, -0.05) is 0 Å². The number of anilines is 1. The van der Waals surface area contributed by atoms with Crippen LogP contribution in [0.25, 0.3) is 11.3 Å². The van der Waals surface area contributed by atoms with E-state index in [2.05, 4.69) is 25.4 Å². The zero-order valence-electron chi connectivity index (χ0n) is 15.2. The Hall–Kier alpha value is -3.09. The first-order valence-electron chi connectivity index (χ1n) is 9.24. The fourth-order valence-electron chi connectivity index (χ4n) is 3.48. The smallest absolute Gasteiger partial charge is 0.267 e. The summed E-state index contributed by atoms with van der Waals surface area (Å²) in [6.45, 7) is 1.97. The Morgan fingerprint density at radius 3 is 2.41 bits per heavy atom. The Labute approximate surface area is 157 Å². The summed E-state index contributed by atoms with van der Waals surface area (Å²) in [4.78, 5) is 25.0. The summed E-state index contributed by atoms with van der Waals surface area (Å²) in [6, 6.07) is 7.63. The van der Waals surface area contributed by atoms with Crippen LogP contribution in [0, 0.1) is 6.92 Å². The second-order valence-corrected chi connectivity index (χ2v) is 6.97. The van der Waals surface area contributed by atoms with E-state index < -0.39 is 0 Å². The van der Waals surface area contributed by atoms with E-state index >= 15 is 0 Å². The first-order chi connectivity index (χ1) is 13.2. The lowest BCUT2D eigenvalue weighted by atomic mass is 9.91. The van der Waals surface area contributed by atoms with E-state index in [0.29, 0.717) is 12.0 Å². The van der Waals surface area contributed by atoms with Crippen LogP contribution < -0.4 is 10.9 Å². The summed E-state index contributed by atoms with van der Waals surface area (Å²) in [5.41, 5.74) is 2.76. The second kappa shape index (κ2) is 7.65. The fourth-order valence-corrected chi connectivity index (χ4v) is 3.48. The molecular weight excluding hydrogens is 340 g/mol. The van der Waals surface area contributed by atoms with Gasteiger partial charge in [0.25, 0.3) is 5.56 Å². The Balaban J connectivity index is 1.45. The summed E-state index contributed by atoms with van der Waals surface area (Å²) in [5.74, 6) is 0.666. The molecule has 138 valence electrons. The summed E-state index contributed by atoms with van der Waals surface area (Å²) in [7, 11) is 0. The van der Waals surface area contributed by atoms with E-state index in [1.54, 1.807) is 29.2 Å². The molecule has 0 aliphatic heterocycles. The maximum absolute atomic E-state index is 12.4. The van der Waals surface area contributed by atoms with Gasteiger partial charge in [-0.25, -0.2) is 14.6 Å². The quantitative estimate of drug-likeness (QED) is 0.768. The lowest BCUT2D eigenvalue weighted by Crippen LogP contribution is -2.33. The molecule has 1 aliphatic carbocycles. The van der Waals surface area contributed by atoms with Gasteiger partial charge in [0.15, 0.2) is 0 Å². The molecule has 0 bridgehead atoms. The van der Waals surface area contributed by atoms with Gasteiger partial charge >= 0.3 is 0 Å². The van der Waals surface area contributed by atoms with E-state index in [0.717, 1.165) is 42.5 Å². The van der Waals surface area contributed by atoms with E-state index in [-0.39, 0.29) is 11.6 Å². The summed E-state index contributed by atoms with van der Waals surface area (Å²) >= 11 is 0. The van der Waals surface area contributed by atoms with Crippen LogP contribution >= 0.6 is 0 Å². The van der Waals surface area contributed by atoms with E-state index in [1.165, 1.54) is 0 Å². The summed E-state index contributed by atoms with van der Waals surface area (Å²) in [5, 5.41) is 8.01. The Kier molecular flexibility index (Phi) is 4.91. The predicted molar refractivity (Wildman–Crippen MR) is 103 cm³/mol. The number of rotatable bonds is 4. The molecule has 0 radical (unpaired) electrons. The standard InChI is InChI=1S/C20H22N6O/c1-14-12-22-20(23-13-14)24-16-2-4-17(5-3-16)26-19(27)7-6-18(25-26)15-8-10-21-11-9-15/h6-13,16-17H,2-5H2,1H3,(H,22,23,24). The van der Waals surface area contributed by atoms with Crippen LogP contribution in [-0.4, -0.2) is 30.8 Å². The van der Waals surface area contributed by atoms with Gasteiger partial charge in [0, 0.05) is 42.5 Å². The summed E-state index contributed by atoms with van der Waals surface area (Å²) in [6.07, 6.45) is 10.8. The lowest BCUT2D eigenvalue weighted by Gasteiger charge is -2.29.